The first-order valence-electron chi connectivity index (χ1n) is 6.12. The van der Waals surface area contributed by atoms with Gasteiger partial charge in [0.25, 0.3) is 5.91 Å². The average Bonchev–Trinajstić information content (AvgIpc) is 2.37. The van der Waals surface area contributed by atoms with Gasteiger partial charge in [-0.2, -0.15) is 0 Å². The Morgan fingerprint density at radius 3 is 2.38 bits per heavy atom. The highest BCUT2D eigenvalue weighted by molar-refractivity contribution is 9.10. The molecule has 0 aliphatic rings. The number of nitrogens with two attached hydrogens (primary N) is 1. The van der Waals surface area contributed by atoms with Crippen LogP contribution in [0.3, 0.4) is 0 Å². The zero-order valence-corrected chi connectivity index (χ0v) is 13.0. The smallest absolute Gasteiger partial charge is 0.257 e. The van der Waals surface area contributed by atoms with E-state index in [9.17, 15) is 13.6 Å². The number of benzene rings is 2. The van der Waals surface area contributed by atoms with Gasteiger partial charge >= 0.3 is 0 Å². The lowest BCUT2D eigenvalue weighted by Crippen LogP contribution is -2.16. The summed E-state index contributed by atoms with van der Waals surface area (Å²) in [4.78, 5) is 12.2. The Kier molecular flexibility index (Phi) is 4.27. The monoisotopic (exact) mass is 354 g/mol. The summed E-state index contributed by atoms with van der Waals surface area (Å²) >= 11 is 3.36. The highest BCUT2D eigenvalue weighted by Crippen LogP contribution is 2.29. The Morgan fingerprint density at radius 2 is 1.76 bits per heavy atom. The minimum atomic E-state index is -1.12. The lowest BCUT2D eigenvalue weighted by molar-refractivity contribution is 0.102. The van der Waals surface area contributed by atoms with Crippen molar-refractivity contribution in [1.82, 2.24) is 0 Å². The average molecular weight is 355 g/mol. The number of nitrogen functional groups attached to an aromatic ring is 1. The minimum absolute atomic E-state index is 0.110. The largest absolute Gasteiger partial charge is 0.398 e. The van der Waals surface area contributed by atoms with Gasteiger partial charge in [-0.1, -0.05) is 6.07 Å². The highest BCUT2D eigenvalue weighted by Gasteiger charge is 2.16. The standard InChI is InChI=1S/C15H13BrF2N2O/c1-7-3-8(2)14(10(16)4-7)20-15(21)9-5-11(17)12(18)6-13(9)19/h3-6H,19H2,1-2H3,(H,20,21). The molecule has 0 spiro atoms. The molecule has 0 radical (unpaired) electrons. The zero-order chi connectivity index (χ0) is 15.7. The summed E-state index contributed by atoms with van der Waals surface area (Å²) in [6, 6.07) is 5.32. The molecule has 2 aromatic carbocycles. The topological polar surface area (TPSA) is 55.1 Å². The first-order chi connectivity index (χ1) is 9.79. The van der Waals surface area contributed by atoms with E-state index in [2.05, 4.69) is 21.2 Å². The molecule has 0 heterocycles. The van der Waals surface area contributed by atoms with E-state index >= 15 is 0 Å². The molecule has 0 unspecified atom stereocenters. The third-order valence-electron chi connectivity index (χ3n) is 3.01. The molecule has 6 heteroatoms. The zero-order valence-electron chi connectivity index (χ0n) is 11.4. The quantitative estimate of drug-likeness (QED) is 0.794. The molecule has 110 valence electrons. The molecule has 21 heavy (non-hydrogen) atoms. The molecule has 3 nitrogen and oxygen atoms in total. The van der Waals surface area contributed by atoms with Gasteiger partial charge in [-0.15, -0.1) is 0 Å². The number of aryl methyl sites for hydroxylation is 2. The van der Waals surface area contributed by atoms with E-state index in [0.717, 1.165) is 23.3 Å². The first-order valence-corrected chi connectivity index (χ1v) is 6.91. The molecule has 3 N–H and O–H groups in total. The second-order valence-electron chi connectivity index (χ2n) is 4.75. The molecule has 0 aromatic heterocycles. The maximum atomic E-state index is 13.2. The Morgan fingerprint density at radius 1 is 1.14 bits per heavy atom. The van der Waals surface area contributed by atoms with Crippen molar-refractivity contribution in [1.29, 1.82) is 0 Å². The highest BCUT2D eigenvalue weighted by atomic mass is 79.9. The number of hydrogen-bond acceptors (Lipinski definition) is 2. The molecular weight excluding hydrogens is 342 g/mol. The summed E-state index contributed by atoms with van der Waals surface area (Å²) in [6.45, 7) is 3.76. The van der Waals surface area contributed by atoms with Crippen LogP contribution in [-0.4, -0.2) is 5.91 Å². The summed E-state index contributed by atoms with van der Waals surface area (Å²) < 4.78 is 27.0. The molecule has 0 aliphatic carbocycles. The van der Waals surface area contributed by atoms with Crippen LogP contribution in [0.1, 0.15) is 21.5 Å². The van der Waals surface area contributed by atoms with Gasteiger partial charge in [0, 0.05) is 16.2 Å². The molecule has 0 fully saturated rings. The normalized spacial score (nSPS) is 10.5. The SMILES string of the molecule is Cc1cc(C)c(NC(=O)c2cc(F)c(F)cc2N)c(Br)c1. The second-order valence-corrected chi connectivity index (χ2v) is 5.60. The van der Waals surface area contributed by atoms with Gasteiger partial charge in [0.2, 0.25) is 0 Å². The van der Waals surface area contributed by atoms with Crippen LogP contribution in [0.5, 0.6) is 0 Å². The van der Waals surface area contributed by atoms with Crippen LogP contribution in [-0.2, 0) is 0 Å². The fourth-order valence-corrected chi connectivity index (χ4v) is 2.79. The van der Waals surface area contributed by atoms with Crippen molar-refractivity contribution in [2.45, 2.75) is 13.8 Å². The van der Waals surface area contributed by atoms with E-state index in [-0.39, 0.29) is 11.3 Å². The van der Waals surface area contributed by atoms with Gasteiger partial charge in [-0.3, -0.25) is 4.79 Å². The Balaban J connectivity index is 2.37. The minimum Gasteiger partial charge on any atom is -0.398 e. The number of amides is 1. The summed E-state index contributed by atoms with van der Waals surface area (Å²) in [7, 11) is 0. The predicted molar refractivity (Wildman–Crippen MR) is 82.3 cm³/mol. The molecule has 0 aliphatic heterocycles. The van der Waals surface area contributed by atoms with Crippen LogP contribution in [0.2, 0.25) is 0 Å². The first kappa shape index (κ1) is 15.4. The molecule has 0 saturated heterocycles. The van der Waals surface area contributed by atoms with Crippen molar-refractivity contribution in [3.63, 3.8) is 0 Å². The number of carbonyl (C=O) groups excluding carboxylic acids is 1. The van der Waals surface area contributed by atoms with Gasteiger partial charge in [-0.25, -0.2) is 8.78 Å². The number of hydrogen-bond donors (Lipinski definition) is 2. The Hall–Kier alpha value is -1.95. The molecule has 0 atom stereocenters. The molecule has 0 bridgehead atoms. The summed E-state index contributed by atoms with van der Waals surface area (Å²) in [6.07, 6.45) is 0. The lowest BCUT2D eigenvalue weighted by Gasteiger charge is -2.13. The van der Waals surface area contributed by atoms with Crippen LogP contribution in [0.15, 0.2) is 28.7 Å². The van der Waals surface area contributed by atoms with E-state index in [0.29, 0.717) is 10.2 Å². The molecule has 2 aromatic rings. The summed E-state index contributed by atoms with van der Waals surface area (Å²) in [5.41, 5.74) is 7.78. The number of carbonyl (C=O) groups is 1. The predicted octanol–water partition coefficient (Wildman–Crippen LogP) is 4.18. The van der Waals surface area contributed by atoms with Crippen LogP contribution in [0.4, 0.5) is 20.2 Å². The van der Waals surface area contributed by atoms with Crippen molar-refractivity contribution in [3.8, 4) is 0 Å². The van der Waals surface area contributed by atoms with Crippen LogP contribution in [0.25, 0.3) is 0 Å². The van der Waals surface area contributed by atoms with Crippen LogP contribution in [0, 0.1) is 25.5 Å². The summed E-state index contributed by atoms with van der Waals surface area (Å²) in [5, 5.41) is 2.65. The third kappa shape index (κ3) is 3.21. The molecule has 0 saturated carbocycles. The molecular formula is C15H13BrF2N2O. The number of nitrogens with one attached hydrogen (secondary N) is 1. The van der Waals surface area contributed by atoms with E-state index in [1.54, 1.807) is 0 Å². The maximum absolute atomic E-state index is 13.2. The fourth-order valence-electron chi connectivity index (χ4n) is 2.01. The fraction of sp³-hybridized carbons (Fsp3) is 0.133. The van der Waals surface area contributed by atoms with E-state index in [4.69, 9.17) is 5.73 Å². The van der Waals surface area contributed by atoms with Crippen molar-refractivity contribution < 1.29 is 13.6 Å². The lowest BCUT2D eigenvalue weighted by atomic mass is 10.1. The number of anilines is 2. The van der Waals surface area contributed by atoms with Crippen molar-refractivity contribution in [2.75, 3.05) is 11.1 Å². The maximum Gasteiger partial charge on any atom is 0.257 e. The number of rotatable bonds is 2. The Bertz CT molecular complexity index is 709. The van der Waals surface area contributed by atoms with Gasteiger partial charge in [0.05, 0.1) is 11.3 Å². The van der Waals surface area contributed by atoms with Crippen LogP contribution >= 0.6 is 15.9 Å². The summed E-state index contributed by atoms with van der Waals surface area (Å²) in [5.74, 6) is -2.80. The van der Waals surface area contributed by atoms with Gasteiger partial charge in [0.15, 0.2) is 11.6 Å². The number of halogens is 3. The van der Waals surface area contributed by atoms with E-state index in [1.807, 2.05) is 26.0 Å². The van der Waals surface area contributed by atoms with Gasteiger partial charge < -0.3 is 11.1 Å². The van der Waals surface area contributed by atoms with E-state index < -0.39 is 17.5 Å². The molecule has 1 amide bonds. The second kappa shape index (κ2) is 5.81. The Labute approximate surface area is 129 Å². The molecule has 2 rings (SSSR count). The van der Waals surface area contributed by atoms with Gasteiger partial charge in [0.1, 0.15) is 0 Å². The third-order valence-corrected chi connectivity index (χ3v) is 3.63. The van der Waals surface area contributed by atoms with Crippen molar-refractivity contribution >= 4 is 33.2 Å². The van der Waals surface area contributed by atoms with Gasteiger partial charge in [-0.05, 0) is 53.0 Å². The van der Waals surface area contributed by atoms with E-state index in [1.165, 1.54) is 0 Å². The van der Waals surface area contributed by atoms with Crippen LogP contribution < -0.4 is 11.1 Å². The van der Waals surface area contributed by atoms with Crippen molar-refractivity contribution in [2.24, 2.45) is 0 Å². The van der Waals surface area contributed by atoms with Crippen molar-refractivity contribution in [3.05, 3.63) is 57.1 Å².